The van der Waals surface area contributed by atoms with Gasteiger partial charge in [0.05, 0.1) is 23.2 Å². The number of hydrogen-bond donors (Lipinski definition) is 4. The predicted molar refractivity (Wildman–Crippen MR) is 145 cm³/mol. The molecule has 1 aromatic rings. The van der Waals surface area contributed by atoms with Crippen LogP contribution in [0.15, 0.2) is 65.9 Å². The summed E-state index contributed by atoms with van der Waals surface area (Å²) >= 11 is 2.97. The molecule has 5 unspecified atom stereocenters. The lowest BCUT2D eigenvalue weighted by Gasteiger charge is -2.32. The van der Waals surface area contributed by atoms with Crippen LogP contribution in [0.4, 0.5) is 0 Å². The number of carboxylic acid groups (broad SMARTS) is 1. The van der Waals surface area contributed by atoms with E-state index in [1.165, 1.54) is 16.7 Å². The van der Waals surface area contributed by atoms with Crippen LogP contribution < -0.4 is 17.2 Å². The Balaban J connectivity index is 0.000000220. The highest BCUT2D eigenvalue weighted by Gasteiger charge is 2.47. The van der Waals surface area contributed by atoms with Gasteiger partial charge in [0, 0.05) is 22.1 Å². The number of amides is 3. The number of benzene rings is 1. The van der Waals surface area contributed by atoms with E-state index < -0.39 is 35.5 Å². The zero-order valence-corrected chi connectivity index (χ0v) is 21.9. The normalized spacial score (nSPS) is 25.5. The number of hydrogen-bond acceptors (Lipinski definition) is 8. The molecule has 198 valence electrons. The quantitative estimate of drug-likeness (QED) is 0.378. The molecule has 2 heterocycles. The highest BCUT2D eigenvalue weighted by molar-refractivity contribution is 8.03. The number of carboxylic acids is 1. The van der Waals surface area contributed by atoms with Gasteiger partial charge < -0.3 is 27.2 Å². The fourth-order valence-corrected chi connectivity index (χ4v) is 7.06. The van der Waals surface area contributed by atoms with Crippen molar-refractivity contribution >= 4 is 47.2 Å². The van der Waals surface area contributed by atoms with Crippen molar-refractivity contribution in [2.45, 2.75) is 29.2 Å². The molecule has 3 amide bonds. The number of carbonyl (C=O) groups is 4. The Hall–Kier alpha value is -3.22. The second-order valence-corrected chi connectivity index (χ2v) is 10.9. The molecule has 0 aromatic heterocycles. The fourth-order valence-electron chi connectivity index (χ4n) is 4.41. The smallest absolute Gasteiger partial charge is 0.323 e. The highest BCUT2D eigenvalue weighted by atomic mass is 32.2. The van der Waals surface area contributed by atoms with Crippen LogP contribution in [0.25, 0.3) is 0 Å². The minimum Gasteiger partial charge on any atom is -0.480 e. The number of thioether (sulfide) groups is 2. The van der Waals surface area contributed by atoms with Gasteiger partial charge in [-0.25, -0.2) is 0 Å². The first-order valence-corrected chi connectivity index (χ1v) is 13.6. The first-order chi connectivity index (χ1) is 17.7. The van der Waals surface area contributed by atoms with Crippen LogP contribution in [0.1, 0.15) is 23.7 Å². The van der Waals surface area contributed by atoms with Gasteiger partial charge in [-0.15, -0.1) is 23.5 Å². The van der Waals surface area contributed by atoms with Crippen LogP contribution in [0.5, 0.6) is 0 Å². The topological polar surface area (TPSA) is 173 Å². The van der Waals surface area contributed by atoms with Crippen LogP contribution in [0.2, 0.25) is 0 Å². The summed E-state index contributed by atoms with van der Waals surface area (Å²) in [5.41, 5.74) is 16.8. The molecule has 3 aliphatic rings. The highest BCUT2D eigenvalue weighted by Crippen LogP contribution is 2.45. The molecular weight excluding hydrogens is 514 g/mol. The summed E-state index contributed by atoms with van der Waals surface area (Å²) in [5, 5.41) is 10.7. The van der Waals surface area contributed by atoms with Crippen molar-refractivity contribution in [1.82, 2.24) is 9.80 Å². The Morgan fingerprint density at radius 1 is 1.05 bits per heavy atom. The minimum absolute atomic E-state index is 0.00926. The number of rotatable bonds is 8. The lowest BCUT2D eigenvalue weighted by molar-refractivity contribution is -0.137. The van der Waals surface area contributed by atoms with E-state index in [2.05, 4.69) is 0 Å². The van der Waals surface area contributed by atoms with E-state index in [1.54, 1.807) is 36.0 Å². The Kier molecular flexibility index (Phi) is 9.84. The predicted octanol–water partition coefficient (Wildman–Crippen LogP) is 1.51. The van der Waals surface area contributed by atoms with Crippen LogP contribution in [0.3, 0.4) is 0 Å². The summed E-state index contributed by atoms with van der Waals surface area (Å²) < 4.78 is 0. The van der Waals surface area contributed by atoms with Gasteiger partial charge in [0.1, 0.15) is 12.4 Å². The second kappa shape index (κ2) is 12.8. The summed E-state index contributed by atoms with van der Waals surface area (Å²) in [6.45, 7) is 1.86. The maximum atomic E-state index is 12.7. The zero-order chi connectivity index (χ0) is 27.1. The third kappa shape index (κ3) is 6.56. The largest absolute Gasteiger partial charge is 0.480 e. The van der Waals surface area contributed by atoms with E-state index in [4.69, 9.17) is 22.3 Å². The molecule has 2 aliphatic heterocycles. The van der Waals surface area contributed by atoms with Gasteiger partial charge in [-0.2, -0.15) is 0 Å². The average Bonchev–Trinajstić information content (AvgIpc) is 3.49. The van der Waals surface area contributed by atoms with Crippen LogP contribution in [-0.4, -0.2) is 67.7 Å². The molecule has 1 saturated heterocycles. The molecule has 10 nitrogen and oxygen atoms in total. The number of fused-ring (bicyclic) bond motifs is 1. The molecule has 1 aliphatic carbocycles. The third-order valence-corrected chi connectivity index (χ3v) is 8.99. The molecule has 0 spiro atoms. The van der Waals surface area contributed by atoms with Crippen LogP contribution in [-0.2, 0) is 14.4 Å². The van der Waals surface area contributed by atoms with Crippen molar-refractivity contribution in [3.8, 4) is 0 Å². The lowest BCUT2D eigenvalue weighted by atomic mass is 9.84. The molecule has 1 aromatic carbocycles. The molecule has 37 heavy (non-hydrogen) atoms. The third-order valence-electron chi connectivity index (χ3n) is 6.13. The van der Waals surface area contributed by atoms with E-state index in [0.717, 1.165) is 6.42 Å². The lowest BCUT2D eigenvalue weighted by Crippen LogP contribution is -2.44. The molecular formula is C25H31N5O5S2. The molecule has 0 bridgehead atoms. The van der Waals surface area contributed by atoms with Gasteiger partial charge in [-0.1, -0.05) is 49.4 Å². The number of aliphatic carboxylic acids is 1. The molecule has 0 radical (unpaired) electrons. The van der Waals surface area contributed by atoms with Crippen molar-refractivity contribution < 1.29 is 24.3 Å². The van der Waals surface area contributed by atoms with Gasteiger partial charge in [0.25, 0.3) is 5.91 Å². The maximum absolute atomic E-state index is 12.7. The Morgan fingerprint density at radius 3 is 2.30 bits per heavy atom. The van der Waals surface area contributed by atoms with Crippen molar-refractivity contribution in [2.24, 2.45) is 29.0 Å². The minimum atomic E-state index is -1.06. The van der Waals surface area contributed by atoms with Crippen molar-refractivity contribution in [3.05, 3.63) is 71.4 Å². The van der Waals surface area contributed by atoms with Crippen molar-refractivity contribution in [2.75, 3.05) is 13.2 Å². The van der Waals surface area contributed by atoms with Crippen LogP contribution >= 0.6 is 23.5 Å². The summed E-state index contributed by atoms with van der Waals surface area (Å²) in [4.78, 5) is 49.5. The zero-order valence-electron chi connectivity index (χ0n) is 20.3. The van der Waals surface area contributed by atoms with Gasteiger partial charge >= 0.3 is 5.97 Å². The first kappa shape index (κ1) is 28.4. The standard InChI is InChI=1S/C15H19N3O3S.C10H12N2O2S/c1-2-13-18(10-16)12(9-22-13)17(8-14(19)20)15(21)11-6-4-3-5-7-11;11-9(13)7-5-3-1-2-4-6(5)15-8(7)10(12)14/h3-7,9,13H,2,8,10,16H2,1H3,(H,19,20);1-8H,(H2,11,13)(H2,12,14). The number of primary amides is 2. The fraction of sp³-hybridized carbons (Fsp3) is 0.360. The molecule has 12 heteroatoms. The van der Waals surface area contributed by atoms with E-state index in [9.17, 15) is 19.2 Å². The van der Waals surface area contributed by atoms with E-state index in [1.807, 2.05) is 47.6 Å². The van der Waals surface area contributed by atoms with E-state index in [-0.39, 0.29) is 29.1 Å². The Morgan fingerprint density at radius 2 is 1.73 bits per heavy atom. The summed E-state index contributed by atoms with van der Waals surface area (Å²) in [7, 11) is 0. The molecule has 1 fully saturated rings. The van der Waals surface area contributed by atoms with Crippen molar-refractivity contribution in [1.29, 1.82) is 0 Å². The number of carbonyl (C=O) groups excluding carboxylic acids is 3. The Bertz CT molecular complexity index is 1110. The summed E-state index contributed by atoms with van der Waals surface area (Å²) in [6, 6.07) is 8.65. The van der Waals surface area contributed by atoms with E-state index >= 15 is 0 Å². The SMILES string of the molecule is CCC1SC=C(N(CC(=O)O)C(=O)c2ccccc2)N1CN.NC(=O)C1SC2C=CC=CC2C1C(N)=O. The number of nitrogens with zero attached hydrogens (tertiary/aromatic N) is 2. The molecule has 5 atom stereocenters. The number of nitrogens with two attached hydrogens (primary N) is 3. The summed E-state index contributed by atoms with van der Waals surface area (Å²) in [5.74, 6) is -2.22. The molecule has 0 saturated carbocycles. The van der Waals surface area contributed by atoms with Gasteiger partial charge in [0.2, 0.25) is 11.8 Å². The van der Waals surface area contributed by atoms with Gasteiger partial charge in [-0.3, -0.25) is 24.1 Å². The number of allylic oxidation sites excluding steroid dienone is 3. The Labute approximate surface area is 224 Å². The summed E-state index contributed by atoms with van der Waals surface area (Å²) in [6.07, 6.45) is 8.54. The van der Waals surface area contributed by atoms with Gasteiger partial charge in [-0.05, 0) is 18.6 Å². The average molecular weight is 546 g/mol. The maximum Gasteiger partial charge on any atom is 0.323 e. The first-order valence-electron chi connectivity index (χ1n) is 11.7. The van der Waals surface area contributed by atoms with Crippen molar-refractivity contribution in [3.63, 3.8) is 0 Å². The molecule has 4 rings (SSSR count). The van der Waals surface area contributed by atoms with Crippen LogP contribution in [0, 0.1) is 11.8 Å². The molecule has 7 N–H and O–H groups in total. The second-order valence-electron chi connectivity index (χ2n) is 8.48. The van der Waals surface area contributed by atoms with E-state index in [0.29, 0.717) is 11.4 Å². The van der Waals surface area contributed by atoms with Gasteiger partial charge in [0.15, 0.2) is 0 Å². The monoisotopic (exact) mass is 545 g/mol.